The summed E-state index contributed by atoms with van der Waals surface area (Å²) in [5.41, 5.74) is 1.05. The summed E-state index contributed by atoms with van der Waals surface area (Å²) in [4.78, 5) is 11.0. The largest absolute Gasteiger partial charge is 0.481 e. The monoisotopic (exact) mass is 350 g/mol. The average molecular weight is 350 g/mol. The standard InChI is InChI=1S/C20H30O5/c1-14(6-8-18-15(2)4-3-9-23-18)5-7-16-11-20(13-24-20)12-17(25-16)10-19(21)22/h5-7,15-18H,3-4,8-13H2,1-2H3,(H,21,22)/b7-5+,14-6+/t15-,16+,17+,18-,20+/m0/s1. The minimum absolute atomic E-state index is 0.0428. The molecule has 0 aliphatic carbocycles. The SMILES string of the molecule is CC(/C=C/[C@@H]1C[C@]2(CO2)C[C@@H](CC(=O)O)O1)=C\C[C@@H]1OCCC[C@@H]1C. The third-order valence-electron chi connectivity index (χ3n) is 5.51. The summed E-state index contributed by atoms with van der Waals surface area (Å²) in [6.45, 7) is 5.95. The van der Waals surface area contributed by atoms with Gasteiger partial charge in [-0.1, -0.05) is 30.7 Å². The maximum atomic E-state index is 11.0. The van der Waals surface area contributed by atoms with Crippen molar-refractivity contribution in [2.45, 2.75) is 76.3 Å². The number of allylic oxidation sites excluding steroid dienone is 2. The molecule has 25 heavy (non-hydrogen) atoms. The van der Waals surface area contributed by atoms with Crippen molar-refractivity contribution in [2.75, 3.05) is 13.2 Å². The summed E-state index contributed by atoms with van der Waals surface area (Å²) in [6, 6.07) is 0. The number of epoxide rings is 1. The minimum Gasteiger partial charge on any atom is -0.481 e. The number of aliphatic carboxylic acids is 1. The van der Waals surface area contributed by atoms with E-state index in [4.69, 9.17) is 19.3 Å². The van der Waals surface area contributed by atoms with Gasteiger partial charge in [0, 0.05) is 19.4 Å². The van der Waals surface area contributed by atoms with Crippen molar-refractivity contribution in [1.82, 2.24) is 0 Å². The molecule has 0 unspecified atom stereocenters. The van der Waals surface area contributed by atoms with Crippen LogP contribution in [0.3, 0.4) is 0 Å². The first-order valence-electron chi connectivity index (χ1n) is 9.43. The van der Waals surface area contributed by atoms with Crippen molar-refractivity contribution in [2.24, 2.45) is 5.92 Å². The van der Waals surface area contributed by atoms with Gasteiger partial charge in [-0.05, 0) is 32.1 Å². The summed E-state index contributed by atoms with van der Waals surface area (Å²) in [7, 11) is 0. The second-order valence-corrected chi connectivity index (χ2v) is 7.85. The fraction of sp³-hybridized carbons (Fsp3) is 0.750. The van der Waals surface area contributed by atoms with Crippen molar-refractivity contribution >= 4 is 5.97 Å². The molecule has 0 saturated carbocycles. The molecular weight excluding hydrogens is 320 g/mol. The molecule has 0 amide bonds. The molecule has 5 atom stereocenters. The van der Waals surface area contributed by atoms with E-state index in [1.165, 1.54) is 18.4 Å². The van der Waals surface area contributed by atoms with E-state index in [1.54, 1.807) is 0 Å². The van der Waals surface area contributed by atoms with Crippen molar-refractivity contribution in [1.29, 1.82) is 0 Å². The molecule has 5 heteroatoms. The third-order valence-corrected chi connectivity index (χ3v) is 5.51. The molecular formula is C20H30O5. The first kappa shape index (κ1) is 18.6. The van der Waals surface area contributed by atoms with Gasteiger partial charge < -0.3 is 19.3 Å². The Hall–Kier alpha value is -1.17. The van der Waals surface area contributed by atoms with Crippen molar-refractivity contribution < 1.29 is 24.1 Å². The van der Waals surface area contributed by atoms with Gasteiger partial charge >= 0.3 is 5.97 Å². The lowest BCUT2D eigenvalue weighted by atomic mass is 9.90. The molecule has 3 aliphatic rings. The van der Waals surface area contributed by atoms with Crippen molar-refractivity contribution in [3.63, 3.8) is 0 Å². The van der Waals surface area contributed by atoms with Crippen LogP contribution in [0.5, 0.6) is 0 Å². The first-order valence-corrected chi connectivity index (χ1v) is 9.43. The zero-order valence-electron chi connectivity index (χ0n) is 15.3. The van der Waals surface area contributed by atoms with Crippen LogP contribution < -0.4 is 0 Å². The Morgan fingerprint density at radius 1 is 1.36 bits per heavy atom. The highest BCUT2D eigenvalue weighted by atomic mass is 16.6. The van der Waals surface area contributed by atoms with Crippen LogP contribution in [0.15, 0.2) is 23.8 Å². The van der Waals surface area contributed by atoms with E-state index < -0.39 is 5.97 Å². The van der Waals surface area contributed by atoms with Crippen LogP contribution >= 0.6 is 0 Å². The van der Waals surface area contributed by atoms with Crippen molar-refractivity contribution in [3.05, 3.63) is 23.8 Å². The number of hydrogen-bond donors (Lipinski definition) is 1. The lowest BCUT2D eigenvalue weighted by Gasteiger charge is -2.32. The number of carbonyl (C=O) groups is 1. The number of carboxylic acids is 1. The molecule has 0 aromatic carbocycles. The molecule has 3 fully saturated rings. The molecule has 3 saturated heterocycles. The first-order chi connectivity index (χ1) is 12.0. The Morgan fingerprint density at radius 2 is 2.16 bits per heavy atom. The van der Waals surface area contributed by atoms with Crippen molar-refractivity contribution in [3.8, 4) is 0 Å². The minimum atomic E-state index is -0.817. The molecule has 0 aromatic rings. The Kier molecular flexibility index (Phi) is 5.97. The highest BCUT2D eigenvalue weighted by molar-refractivity contribution is 5.67. The van der Waals surface area contributed by atoms with Gasteiger partial charge in [0.1, 0.15) is 0 Å². The van der Waals surface area contributed by atoms with E-state index in [1.807, 2.05) is 0 Å². The maximum absolute atomic E-state index is 11.0. The predicted molar refractivity (Wildman–Crippen MR) is 94.5 cm³/mol. The van der Waals surface area contributed by atoms with Crippen LogP contribution in [0.2, 0.25) is 0 Å². The summed E-state index contributed by atoms with van der Waals surface area (Å²) in [6.07, 6.45) is 11.3. The highest BCUT2D eigenvalue weighted by Gasteiger charge is 2.51. The molecule has 0 radical (unpaired) electrons. The van der Waals surface area contributed by atoms with Gasteiger partial charge in [0.2, 0.25) is 0 Å². The second-order valence-electron chi connectivity index (χ2n) is 7.85. The summed E-state index contributed by atoms with van der Waals surface area (Å²) >= 11 is 0. The topological polar surface area (TPSA) is 68.3 Å². The van der Waals surface area contributed by atoms with E-state index in [-0.39, 0.29) is 24.2 Å². The Bertz CT molecular complexity index is 534. The molecule has 3 heterocycles. The van der Waals surface area contributed by atoms with Crippen LogP contribution in [0.1, 0.15) is 52.4 Å². The highest BCUT2D eigenvalue weighted by Crippen LogP contribution is 2.43. The Balaban J connectivity index is 1.52. The number of ether oxygens (including phenoxy) is 3. The van der Waals surface area contributed by atoms with Gasteiger partial charge in [0.15, 0.2) is 0 Å². The van der Waals surface area contributed by atoms with Crippen LogP contribution in [0.4, 0.5) is 0 Å². The third kappa shape index (κ3) is 5.40. The molecule has 1 spiro atoms. The Morgan fingerprint density at radius 3 is 2.84 bits per heavy atom. The average Bonchev–Trinajstić information content (AvgIpc) is 3.29. The molecule has 3 aliphatic heterocycles. The van der Waals surface area contributed by atoms with E-state index in [0.29, 0.717) is 18.4 Å². The van der Waals surface area contributed by atoms with Crippen LogP contribution in [-0.4, -0.2) is 48.2 Å². The normalized spacial score (nSPS) is 39.0. The van der Waals surface area contributed by atoms with Crippen LogP contribution in [0, 0.1) is 5.92 Å². The number of rotatable bonds is 6. The fourth-order valence-electron chi connectivity index (χ4n) is 3.89. The van der Waals surface area contributed by atoms with E-state index in [0.717, 1.165) is 26.1 Å². The zero-order chi connectivity index (χ0) is 17.9. The molecule has 0 aromatic heterocycles. The number of hydrogen-bond acceptors (Lipinski definition) is 4. The van der Waals surface area contributed by atoms with Crippen LogP contribution in [0.25, 0.3) is 0 Å². The van der Waals surface area contributed by atoms with E-state index in [9.17, 15) is 4.79 Å². The zero-order valence-corrected chi connectivity index (χ0v) is 15.3. The predicted octanol–water partition coefficient (Wildman–Crippen LogP) is 3.49. The summed E-state index contributed by atoms with van der Waals surface area (Å²) in [5, 5.41) is 9.02. The molecule has 3 rings (SSSR count). The summed E-state index contributed by atoms with van der Waals surface area (Å²) < 4.78 is 17.4. The quantitative estimate of drug-likeness (QED) is 0.587. The maximum Gasteiger partial charge on any atom is 0.305 e. The van der Waals surface area contributed by atoms with Gasteiger partial charge in [0.25, 0.3) is 0 Å². The molecule has 0 bridgehead atoms. The molecule has 5 nitrogen and oxygen atoms in total. The lowest BCUT2D eigenvalue weighted by Crippen LogP contribution is -2.38. The second kappa shape index (κ2) is 8.02. The fourth-order valence-corrected chi connectivity index (χ4v) is 3.89. The van der Waals surface area contributed by atoms with E-state index >= 15 is 0 Å². The molecule has 140 valence electrons. The van der Waals surface area contributed by atoms with Gasteiger partial charge in [-0.15, -0.1) is 0 Å². The van der Waals surface area contributed by atoms with Crippen LogP contribution in [-0.2, 0) is 19.0 Å². The van der Waals surface area contributed by atoms with Gasteiger partial charge in [-0.3, -0.25) is 4.79 Å². The van der Waals surface area contributed by atoms with Gasteiger partial charge in [-0.25, -0.2) is 0 Å². The number of carboxylic acid groups (broad SMARTS) is 1. The molecule has 1 N–H and O–H groups in total. The summed E-state index contributed by atoms with van der Waals surface area (Å²) in [5.74, 6) is -0.199. The smallest absolute Gasteiger partial charge is 0.305 e. The van der Waals surface area contributed by atoms with E-state index in [2.05, 4.69) is 32.1 Å². The van der Waals surface area contributed by atoms with Gasteiger partial charge in [-0.2, -0.15) is 0 Å². The lowest BCUT2D eigenvalue weighted by molar-refractivity contribution is -0.143. The van der Waals surface area contributed by atoms with Gasteiger partial charge in [0.05, 0.1) is 36.9 Å². The Labute approximate surface area is 150 Å².